The number of rotatable bonds is 3. The quantitative estimate of drug-likeness (QED) is 0.801. The van der Waals surface area contributed by atoms with E-state index >= 15 is 0 Å². The van der Waals surface area contributed by atoms with E-state index < -0.39 is 0 Å². The Bertz CT molecular complexity index is 518. The molecule has 108 valence electrons. The molecular formula is C14H16ClFN2O2. The van der Waals surface area contributed by atoms with Crippen LogP contribution in [0.2, 0.25) is 0 Å². The molecule has 2 aliphatic rings. The van der Waals surface area contributed by atoms with Gasteiger partial charge in [-0.05, 0) is 18.2 Å². The molecule has 1 saturated heterocycles. The molecule has 0 N–H and O–H groups in total. The van der Waals surface area contributed by atoms with Gasteiger partial charge >= 0.3 is 0 Å². The molecule has 1 aromatic carbocycles. The van der Waals surface area contributed by atoms with Gasteiger partial charge in [0.2, 0.25) is 0 Å². The zero-order valence-electron chi connectivity index (χ0n) is 11.0. The van der Waals surface area contributed by atoms with E-state index in [2.05, 4.69) is 0 Å². The first-order valence-electron chi connectivity index (χ1n) is 6.56. The summed E-state index contributed by atoms with van der Waals surface area (Å²) in [6.07, 6.45) is 1.80. The summed E-state index contributed by atoms with van der Waals surface area (Å²) in [5.41, 5.74) is 1.39. The maximum atomic E-state index is 14.3. The van der Waals surface area contributed by atoms with Crippen molar-refractivity contribution in [1.82, 2.24) is 0 Å². The van der Waals surface area contributed by atoms with Crippen molar-refractivity contribution in [2.45, 2.75) is 0 Å². The smallest absolute Gasteiger partial charge is 0.164 e. The van der Waals surface area contributed by atoms with Crippen LogP contribution in [-0.2, 0) is 9.47 Å². The Morgan fingerprint density at radius 1 is 1.25 bits per heavy atom. The van der Waals surface area contributed by atoms with Crippen molar-refractivity contribution in [3.63, 3.8) is 0 Å². The van der Waals surface area contributed by atoms with Crippen LogP contribution in [-0.4, -0.2) is 38.9 Å². The van der Waals surface area contributed by atoms with Gasteiger partial charge in [-0.2, -0.15) is 0 Å². The van der Waals surface area contributed by atoms with E-state index in [0.29, 0.717) is 37.3 Å². The molecule has 0 saturated carbocycles. The van der Waals surface area contributed by atoms with Crippen LogP contribution in [0, 0.1) is 5.82 Å². The Morgan fingerprint density at radius 2 is 2.05 bits per heavy atom. The minimum absolute atomic E-state index is 0.225. The van der Waals surface area contributed by atoms with Gasteiger partial charge in [0.05, 0.1) is 24.8 Å². The lowest BCUT2D eigenvalue weighted by Gasteiger charge is -2.29. The fourth-order valence-corrected chi connectivity index (χ4v) is 2.50. The third-order valence-electron chi connectivity index (χ3n) is 3.44. The summed E-state index contributed by atoms with van der Waals surface area (Å²) in [7, 11) is 0. The topological polar surface area (TPSA) is 24.9 Å². The highest BCUT2D eigenvalue weighted by atomic mass is 35.5. The van der Waals surface area contributed by atoms with Crippen molar-refractivity contribution in [3.8, 4) is 0 Å². The molecule has 20 heavy (non-hydrogen) atoms. The van der Waals surface area contributed by atoms with Crippen LogP contribution in [0.3, 0.4) is 0 Å². The van der Waals surface area contributed by atoms with Gasteiger partial charge in [-0.25, -0.2) is 4.39 Å². The molecule has 0 unspecified atom stereocenters. The number of ether oxygens (including phenoxy) is 2. The molecule has 0 atom stereocenters. The van der Waals surface area contributed by atoms with Gasteiger partial charge < -0.3 is 19.3 Å². The number of halogens is 2. The SMILES string of the molecule is Fc1cc(N2C=C(CCl)OC2)ccc1N1CCOCC1. The van der Waals surface area contributed by atoms with Crippen molar-refractivity contribution >= 4 is 23.0 Å². The summed E-state index contributed by atoms with van der Waals surface area (Å²) in [6.45, 7) is 3.10. The van der Waals surface area contributed by atoms with E-state index in [0.717, 1.165) is 18.8 Å². The first-order chi connectivity index (χ1) is 9.78. The summed E-state index contributed by atoms with van der Waals surface area (Å²) in [6, 6.07) is 5.23. The van der Waals surface area contributed by atoms with E-state index in [1.807, 2.05) is 21.9 Å². The number of alkyl halides is 1. The third-order valence-corrected chi connectivity index (χ3v) is 3.70. The Balaban J connectivity index is 1.79. The Labute approximate surface area is 122 Å². The summed E-state index contributed by atoms with van der Waals surface area (Å²) >= 11 is 5.71. The fraction of sp³-hybridized carbons (Fsp3) is 0.429. The van der Waals surface area contributed by atoms with Gasteiger partial charge in [0.1, 0.15) is 11.6 Å². The molecular weight excluding hydrogens is 283 g/mol. The molecule has 6 heteroatoms. The average Bonchev–Trinajstić information content (AvgIpc) is 2.97. The maximum absolute atomic E-state index is 14.3. The lowest BCUT2D eigenvalue weighted by atomic mass is 10.2. The molecule has 0 aliphatic carbocycles. The van der Waals surface area contributed by atoms with Gasteiger partial charge in [0, 0.05) is 25.0 Å². The fourth-order valence-electron chi connectivity index (χ4n) is 2.36. The van der Waals surface area contributed by atoms with E-state index in [4.69, 9.17) is 21.1 Å². The molecule has 2 aliphatic heterocycles. The predicted molar refractivity (Wildman–Crippen MR) is 76.7 cm³/mol. The molecule has 0 aromatic heterocycles. The number of anilines is 2. The highest BCUT2D eigenvalue weighted by Crippen LogP contribution is 2.28. The van der Waals surface area contributed by atoms with E-state index in [9.17, 15) is 4.39 Å². The van der Waals surface area contributed by atoms with Crippen LogP contribution >= 0.6 is 11.6 Å². The second-order valence-corrected chi connectivity index (χ2v) is 4.97. The van der Waals surface area contributed by atoms with Crippen LogP contribution < -0.4 is 9.80 Å². The minimum atomic E-state index is -0.225. The normalized spacial score (nSPS) is 19.0. The first-order valence-corrected chi connectivity index (χ1v) is 7.10. The monoisotopic (exact) mass is 298 g/mol. The Kier molecular flexibility index (Phi) is 3.98. The van der Waals surface area contributed by atoms with E-state index in [1.165, 1.54) is 6.07 Å². The second-order valence-electron chi connectivity index (χ2n) is 4.71. The molecule has 1 aromatic rings. The van der Waals surface area contributed by atoms with Gasteiger partial charge in [0.25, 0.3) is 0 Å². The van der Waals surface area contributed by atoms with Crippen molar-refractivity contribution in [2.24, 2.45) is 0 Å². The summed E-state index contributed by atoms with van der Waals surface area (Å²) in [5, 5.41) is 0. The molecule has 1 fully saturated rings. The number of nitrogens with zero attached hydrogens (tertiary/aromatic N) is 2. The highest BCUT2D eigenvalue weighted by molar-refractivity contribution is 6.19. The van der Waals surface area contributed by atoms with Gasteiger partial charge in [0.15, 0.2) is 6.73 Å². The Hall–Kier alpha value is -1.46. The molecule has 0 spiro atoms. The van der Waals surface area contributed by atoms with Crippen LogP contribution in [0.5, 0.6) is 0 Å². The van der Waals surface area contributed by atoms with Crippen LogP contribution in [0.15, 0.2) is 30.2 Å². The van der Waals surface area contributed by atoms with Gasteiger partial charge in [-0.15, -0.1) is 11.6 Å². The molecule has 0 amide bonds. The molecule has 0 bridgehead atoms. The van der Waals surface area contributed by atoms with Gasteiger partial charge in [-0.1, -0.05) is 0 Å². The number of allylic oxidation sites excluding steroid dienone is 1. The number of benzene rings is 1. The van der Waals surface area contributed by atoms with Crippen molar-refractivity contribution < 1.29 is 13.9 Å². The lowest BCUT2D eigenvalue weighted by Crippen LogP contribution is -2.36. The maximum Gasteiger partial charge on any atom is 0.164 e. The highest BCUT2D eigenvalue weighted by Gasteiger charge is 2.18. The number of hydrogen-bond acceptors (Lipinski definition) is 4. The third kappa shape index (κ3) is 2.69. The Morgan fingerprint density at radius 3 is 2.70 bits per heavy atom. The molecule has 2 heterocycles. The second kappa shape index (κ2) is 5.89. The van der Waals surface area contributed by atoms with Gasteiger partial charge in [-0.3, -0.25) is 0 Å². The summed E-state index contributed by atoms with van der Waals surface area (Å²) < 4.78 is 24.9. The zero-order valence-corrected chi connectivity index (χ0v) is 11.8. The molecule has 4 nitrogen and oxygen atoms in total. The van der Waals surface area contributed by atoms with E-state index in [1.54, 1.807) is 6.20 Å². The van der Waals surface area contributed by atoms with Crippen LogP contribution in [0.1, 0.15) is 0 Å². The number of morpholine rings is 1. The average molecular weight is 299 g/mol. The first kappa shape index (κ1) is 13.5. The van der Waals surface area contributed by atoms with Crippen LogP contribution in [0.4, 0.5) is 15.8 Å². The van der Waals surface area contributed by atoms with Crippen molar-refractivity contribution in [3.05, 3.63) is 36.0 Å². The number of hydrogen-bond donors (Lipinski definition) is 0. The lowest BCUT2D eigenvalue weighted by molar-refractivity contribution is 0.122. The largest absolute Gasteiger partial charge is 0.474 e. The standard InChI is InChI=1S/C14H16ClFN2O2/c15-8-12-9-18(10-20-12)11-1-2-14(13(16)7-11)17-3-5-19-6-4-17/h1-2,7,9H,3-6,8,10H2. The van der Waals surface area contributed by atoms with Crippen LogP contribution in [0.25, 0.3) is 0 Å². The summed E-state index contributed by atoms with van der Waals surface area (Å²) in [5.74, 6) is 0.798. The van der Waals surface area contributed by atoms with Crippen molar-refractivity contribution in [1.29, 1.82) is 0 Å². The summed E-state index contributed by atoms with van der Waals surface area (Å²) in [4.78, 5) is 3.84. The van der Waals surface area contributed by atoms with Crippen molar-refractivity contribution in [2.75, 3.05) is 48.7 Å². The molecule has 3 rings (SSSR count). The predicted octanol–water partition coefficient (Wildman–Crippen LogP) is 2.54. The zero-order chi connectivity index (χ0) is 13.9. The minimum Gasteiger partial charge on any atom is -0.474 e. The molecule has 0 radical (unpaired) electrons. The van der Waals surface area contributed by atoms with E-state index in [-0.39, 0.29) is 5.82 Å².